The first-order valence-electron chi connectivity index (χ1n) is 10.5. The number of hydrogen-bond acceptors (Lipinski definition) is 7. The summed E-state index contributed by atoms with van der Waals surface area (Å²) in [5.74, 6) is 0.0983. The molecule has 1 fully saturated rings. The number of thioether (sulfide) groups is 1. The van der Waals surface area contributed by atoms with Gasteiger partial charge in [-0.3, -0.25) is 14.2 Å². The van der Waals surface area contributed by atoms with E-state index in [4.69, 9.17) is 4.98 Å². The number of carbonyl (C=O) groups excluding carboxylic acids is 1. The van der Waals surface area contributed by atoms with Crippen molar-refractivity contribution in [2.45, 2.75) is 69.5 Å². The lowest BCUT2D eigenvalue weighted by molar-refractivity contribution is -0.113. The Morgan fingerprint density at radius 2 is 2.03 bits per heavy atom. The van der Waals surface area contributed by atoms with Crippen LogP contribution in [0.15, 0.2) is 15.3 Å². The van der Waals surface area contributed by atoms with Crippen LogP contribution in [0, 0.1) is 6.92 Å². The number of aryl methyl sites for hydroxylation is 3. The maximum Gasteiger partial charge on any atom is 0.263 e. The molecule has 0 bridgehead atoms. The molecule has 9 heteroatoms. The van der Waals surface area contributed by atoms with Crippen molar-refractivity contribution in [1.82, 2.24) is 14.5 Å². The SMILES string of the molecule is Cc1csc(NC(=O)CSc2nc3sc4c(c3c(=O)n2C2CCCC2)CCCC4)n1. The summed E-state index contributed by atoms with van der Waals surface area (Å²) >= 11 is 4.46. The van der Waals surface area contributed by atoms with Crippen LogP contribution in [0.2, 0.25) is 0 Å². The van der Waals surface area contributed by atoms with E-state index in [1.165, 1.54) is 40.0 Å². The van der Waals surface area contributed by atoms with E-state index in [1.54, 1.807) is 11.3 Å². The number of aromatic nitrogens is 3. The molecule has 1 amide bonds. The van der Waals surface area contributed by atoms with E-state index in [1.807, 2.05) is 16.9 Å². The maximum absolute atomic E-state index is 13.6. The first-order valence-corrected chi connectivity index (χ1v) is 13.2. The van der Waals surface area contributed by atoms with Crippen LogP contribution in [-0.4, -0.2) is 26.2 Å². The second-order valence-electron chi connectivity index (χ2n) is 8.03. The zero-order valence-electron chi connectivity index (χ0n) is 16.9. The van der Waals surface area contributed by atoms with Crippen molar-refractivity contribution < 1.29 is 4.79 Å². The van der Waals surface area contributed by atoms with Gasteiger partial charge in [0.15, 0.2) is 10.3 Å². The van der Waals surface area contributed by atoms with Gasteiger partial charge in [-0.15, -0.1) is 22.7 Å². The minimum atomic E-state index is -0.118. The lowest BCUT2D eigenvalue weighted by Gasteiger charge is -2.18. The first kappa shape index (κ1) is 20.2. The minimum Gasteiger partial charge on any atom is -0.301 e. The number of thiazole rings is 1. The molecule has 6 nitrogen and oxygen atoms in total. The molecule has 158 valence electrons. The van der Waals surface area contributed by atoms with Crippen molar-refractivity contribution in [2.75, 3.05) is 11.1 Å². The molecule has 0 radical (unpaired) electrons. The monoisotopic (exact) mass is 460 g/mol. The molecule has 0 unspecified atom stereocenters. The zero-order valence-corrected chi connectivity index (χ0v) is 19.4. The highest BCUT2D eigenvalue weighted by Gasteiger charge is 2.27. The number of fused-ring (bicyclic) bond motifs is 3. The summed E-state index contributed by atoms with van der Waals surface area (Å²) in [7, 11) is 0. The van der Waals surface area contributed by atoms with Crippen LogP contribution in [0.5, 0.6) is 0 Å². The van der Waals surface area contributed by atoms with Crippen molar-refractivity contribution in [3.8, 4) is 0 Å². The Morgan fingerprint density at radius 1 is 1.23 bits per heavy atom. The summed E-state index contributed by atoms with van der Waals surface area (Å²) in [5.41, 5.74) is 2.23. The fourth-order valence-corrected chi connectivity index (χ4v) is 7.36. The number of hydrogen-bond donors (Lipinski definition) is 1. The highest BCUT2D eigenvalue weighted by molar-refractivity contribution is 7.99. The molecule has 5 rings (SSSR count). The summed E-state index contributed by atoms with van der Waals surface area (Å²) in [6.07, 6.45) is 8.69. The summed E-state index contributed by atoms with van der Waals surface area (Å²) < 4.78 is 1.91. The van der Waals surface area contributed by atoms with Gasteiger partial charge in [-0.25, -0.2) is 9.97 Å². The average Bonchev–Trinajstić information content (AvgIpc) is 3.46. The molecule has 3 heterocycles. The molecule has 0 saturated heterocycles. The normalized spacial score (nSPS) is 16.8. The number of carbonyl (C=O) groups is 1. The highest BCUT2D eigenvalue weighted by atomic mass is 32.2. The molecule has 2 aliphatic rings. The van der Waals surface area contributed by atoms with Gasteiger partial charge in [0, 0.05) is 16.3 Å². The van der Waals surface area contributed by atoms with Crippen LogP contribution >= 0.6 is 34.4 Å². The van der Waals surface area contributed by atoms with Crippen LogP contribution < -0.4 is 10.9 Å². The number of amides is 1. The summed E-state index contributed by atoms with van der Waals surface area (Å²) in [4.78, 5) is 37.5. The van der Waals surface area contributed by atoms with Crippen LogP contribution in [0.25, 0.3) is 10.2 Å². The molecule has 30 heavy (non-hydrogen) atoms. The van der Waals surface area contributed by atoms with Crippen LogP contribution in [-0.2, 0) is 17.6 Å². The second kappa shape index (κ2) is 8.43. The summed E-state index contributed by atoms with van der Waals surface area (Å²) in [6, 6.07) is 0.195. The van der Waals surface area contributed by atoms with E-state index in [2.05, 4.69) is 10.3 Å². The number of thiophene rings is 1. The molecular weight excluding hydrogens is 436 g/mol. The maximum atomic E-state index is 13.6. The lowest BCUT2D eigenvalue weighted by Crippen LogP contribution is -2.27. The average molecular weight is 461 g/mol. The van der Waals surface area contributed by atoms with E-state index in [0.717, 1.165) is 60.9 Å². The van der Waals surface area contributed by atoms with Crippen molar-refractivity contribution in [2.24, 2.45) is 0 Å². The topological polar surface area (TPSA) is 76.9 Å². The standard InChI is InChI=1S/C21H24N4O2S3/c1-12-10-28-20(22-12)23-16(26)11-29-21-24-18-17(14-8-4-5-9-15(14)30-18)19(27)25(21)13-6-2-3-7-13/h10,13H,2-9,11H2,1H3,(H,22,23,26). The molecule has 3 aromatic rings. The second-order valence-corrected chi connectivity index (χ2v) is 10.9. The predicted molar refractivity (Wildman–Crippen MR) is 124 cm³/mol. The van der Waals surface area contributed by atoms with E-state index in [9.17, 15) is 9.59 Å². The van der Waals surface area contributed by atoms with Crippen molar-refractivity contribution in [3.05, 3.63) is 31.9 Å². The van der Waals surface area contributed by atoms with Gasteiger partial charge < -0.3 is 5.32 Å². The molecule has 2 aliphatic carbocycles. The van der Waals surface area contributed by atoms with Gasteiger partial charge >= 0.3 is 0 Å². The lowest BCUT2D eigenvalue weighted by atomic mass is 9.97. The van der Waals surface area contributed by atoms with E-state index in [-0.39, 0.29) is 23.3 Å². The summed E-state index contributed by atoms with van der Waals surface area (Å²) in [5, 5.41) is 6.90. The van der Waals surface area contributed by atoms with Gasteiger partial charge in [0.1, 0.15) is 4.83 Å². The third-order valence-electron chi connectivity index (χ3n) is 5.88. The van der Waals surface area contributed by atoms with Crippen LogP contribution in [0.3, 0.4) is 0 Å². The van der Waals surface area contributed by atoms with Gasteiger partial charge in [-0.1, -0.05) is 24.6 Å². The number of anilines is 1. The number of rotatable bonds is 5. The Bertz CT molecular complexity index is 1160. The summed E-state index contributed by atoms with van der Waals surface area (Å²) in [6.45, 7) is 1.90. The molecule has 0 atom stereocenters. The Kier molecular flexibility index (Phi) is 5.68. The van der Waals surface area contributed by atoms with Gasteiger partial charge in [0.05, 0.1) is 16.8 Å². The van der Waals surface area contributed by atoms with E-state index >= 15 is 0 Å². The third kappa shape index (κ3) is 3.83. The van der Waals surface area contributed by atoms with Crippen molar-refractivity contribution in [3.63, 3.8) is 0 Å². The van der Waals surface area contributed by atoms with E-state index < -0.39 is 0 Å². The molecule has 0 spiro atoms. The van der Waals surface area contributed by atoms with Gasteiger partial charge in [-0.05, 0) is 51.0 Å². The molecule has 1 saturated carbocycles. The fraction of sp³-hybridized carbons (Fsp3) is 0.524. The number of nitrogens with one attached hydrogen (secondary N) is 1. The Morgan fingerprint density at radius 3 is 2.80 bits per heavy atom. The van der Waals surface area contributed by atoms with Crippen LogP contribution in [0.1, 0.15) is 60.7 Å². The van der Waals surface area contributed by atoms with Gasteiger partial charge in [-0.2, -0.15) is 0 Å². The molecular formula is C21H24N4O2S3. The quantitative estimate of drug-likeness (QED) is 0.431. The zero-order chi connectivity index (χ0) is 20.7. The Labute approximate surface area is 187 Å². The third-order valence-corrected chi connectivity index (χ3v) is 8.89. The predicted octanol–water partition coefficient (Wildman–Crippen LogP) is 4.95. The molecule has 0 aliphatic heterocycles. The van der Waals surface area contributed by atoms with Crippen LogP contribution in [0.4, 0.5) is 5.13 Å². The molecule has 3 aromatic heterocycles. The minimum absolute atomic E-state index is 0.102. The first-order chi connectivity index (χ1) is 14.6. The Balaban J connectivity index is 1.47. The fourth-order valence-electron chi connectivity index (χ4n) is 4.48. The van der Waals surface area contributed by atoms with Gasteiger partial charge in [0.25, 0.3) is 5.56 Å². The molecule has 1 N–H and O–H groups in total. The molecule has 0 aromatic carbocycles. The van der Waals surface area contributed by atoms with Crippen molar-refractivity contribution >= 4 is 55.7 Å². The smallest absolute Gasteiger partial charge is 0.263 e. The number of nitrogens with zero attached hydrogens (tertiary/aromatic N) is 3. The van der Waals surface area contributed by atoms with Crippen molar-refractivity contribution in [1.29, 1.82) is 0 Å². The van der Waals surface area contributed by atoms with Gasteiger partial charge in [0.2, 0.25) is 5.91 Å². The Hall–Kier alpha value is -1.71. The van der Waals surface area contributed by atoms with E-state index in [0.29, 0.717) is 10.3 Å². The largest absolute Gasteiger partial charge is 0.301 e. The highest BCUT2D eigenvalue weighted by Crippen LogP contribution is 2.37.